The molecule has 0 radical (unpaired) electrons. The molecular weight excluding hydrogens is 374 g/mol. The molecule has 0 saturated heterocycles. The highest BCUT2D eigenvalue weighted by molar-refractivity contribution is 7.20. The summed E-state index contributed by atoms with van der Waals surface area (Å²) in [7, 11) is 0. The van der Waals surface area contributed by atoms with Crippen molar-refractivity contribution in [2.24, 2.45) is 0 Å². The molecule has 0 unspecified atom stereocenters. The van der Waals surface area contributed by atoms with Crippen LogP contribution in [0.5, 0.6) is 0 Å². The molecule has 0 saturated carbocycles. The van der Waals surface area contributed by atoms with Crippen molar-refractivity contribution in [3.8, 4) is 16.5 Å². The monoisotopic (exact) mass is 391 g/mol. The van der Waals surface area contributed by atoms with E-state index < -0.39 is 0 Å². The molecule has 3 aromatic heterocycles. The van der Waals surface area contributed by atoms with Crippen molar-refractivity contribution in [3.63, 3.8) is 0 Å². The van der Waals surface area contributed by atoms with Crippen molar-refractivity contribution >= 4 is 32.9 Å². The number of rotatable bonds is 4. The molecule has 0 N–H and O–H groups in total. The second-order valence-electron chi connectivity index (χ2n) is 6.27. The highest BCUT2D eigenvalue weighted by Gasteiger charge is 2.20. The summed E-state index contributed by atoms with van der Waals surface area (Å²) in [5.41, 5.74) is 2.53. The molecule has 3 heterocycles. The van der Waals surface area contributed by atoms with E-state index in [9.17, 15) is 4.79 Å². The predicted molar refractivity (Wildman–Crippen MR) is 112 cm³/mol. The minimum absolute atomic E-state index is 0.0146. The number of aryl methyl sites for hydroxylation is 2. The zero-order chi connectivity index (χ0) is 19.0. The van der Waals surface area contributed by atoms with Gasteiger partial charge in [-0.3, -0.25) is 9.36 Å². The van der Waals surface area contributed by atoms with E-state index in [0.717, 1.165) is 27.3 Å². The van der Waals surface area contributed by atoms with Crippen LogP contribution in [0.2, 0.25) is 0 Å². The normalized spacial score (nSPS) is 11.0. The van der Waals surface area contributed by atoms with Gasteiger partial charge in [0.25, 0.3) is 5.56 Å². The van der Waals surface area contributed by atoms with E-state index in [4.69, 9.17) is 10.2 Å². The SMILES string of the molecule is CCc1sc2nc(C)n(Cc3cccc(C#N)c3)c(=O)c2c1-c1cccs1. The topological polar surface area (TPSA) is 58.7 Å². The Morgan fingerprint density at radius 1 is 1.26 bits per heavy atom. The molecule has 0 fully saturated rings. The largest absolute Gasteiger partial charge is 0.292 e. The number of nitrogens with zero attached hydrogens (tertiary/aromatic N) is 3. The molecule has 134 valence electrons. The Hall–Kier alpha value is -2.75. The lowest BCUT2D eigenvalue weighted by molar-refractivity contribution is 0.714. The van der Waals surface area contributed by atoms with Crippen molar-refractivity contribution in [2.45, 2.75) is 26.8 Å². The Balaban J connectivity index is 1.93. The first kappa shape index (κ1) is 17.7. The maximum atomic E-state index is 13.4. The second kappa shape index (κ2) is 7.10. The van der Waals surface area contributed by atoms with Crippen LogP contribution in [0.25, 0.3) is 20.7 Å². The van der Waals surface area contributed by atoms with Crippen LogP contribution in [0, 0.1) is 18.3 Å². The average Bonchev–Trinajstić information content (AvgIpc) is 3.32. The smallest absolute Gasteiger partial charge is 0.263 e. The summed E-state index contributed by atoms with van der Waals surface area (Å²) >= 11 is 3.26. The van der Waals surface area contributed by atoms with E-state index in [1.165, 1.54) is 4.88 Å². The molecule has 0 spiro atoms. The van der Waals surface area contributed by atoms with Crippen molar-refractivity contribution in [1.29, 1.82) is 5.26 Å². The third-order valence-corrected chi connectivity index (χ3v) is 6.68. The van der Waals surface area contributed by atoms with Crippen LogP contribution in [-0.4, -0.2) is 9.55 Å². The summed E-state index contributed by atoms with van der Waals surface area (Å²) in [4.78, 5) is 21.3. The number of hydrogen-bond donors (Lipinski definition) is 0. The molecule has 0 atom stereocenters. The molecule has 4 aromatic rings. The van der Waals surface area contributed by atoms with Gasteiger partial charge in [-0.15, -0.1) is 22.7 Å². The fraction of sp³-hybridized carbons (Fsp3) is 0.190. The lowest BCUT2D eigenvalue weighted by Gasteiger charge is -2.10. The quantitative estimate of drug-likeness (QED) is 0.493. The van der Waals surface area contributed by atoms with E-state index >= 15 is 0 Å². The van der Waals surface area contributed by atoms with Gasteiger partial charge in [0.2, 0.25) is 0 Å². The van der Waals surface area contributed by atoms with Crippen LogP contribution in [0.1, 0.15) is 28.8 Å². The van der Waals surface area contributed by atoms with E-state index in [1.54, 1.807) is 33.3 Å². The van der Waals surface area contributed by atoms with E-state index in [-0.39, 0.29) is 5.56 Å². The van der Waals surface area contributed by atoms with Crippen LogP contribution >= 0.6 is 22.7 Å². The Morgan fingerprint density at radius 3 is 2.81 bits per heavy atom. The number of benzene rings is 1. The maximum absolute atomic E-state index is 13.4. The minimum atomic E-state index is -0.0146. The summed E-state index contributed by atoms with van der Waals surface area (Å²) < 4.78 is 1.71. The van der Waals surface area contributed by atoms with E-state index in [2.05, 4.69) is 19.1 Å². The first-order chi connectivity index (χ1) is 13.1. The molecule has 6 heteroatoms. The Kier molecular flexibility index (Phi) is 4.65. The third-order valence-electron chi connectivity index (χ3n) is 4.56. The van der Waals surface area contributed by atoms with Gasteiger partial charge < -0.3 is 0 Å². The zero-order valence-corrected chi connectivity index (χ0v) is 16.7. The Morgan fingerprint density at radius 2 is 2.11 bits per heavy atom. The maximum Gasteiger partial charge on any atom is 0.263 e. The minimum Gasteiger partial charge on any atom is -0.292 e. The van der Waals surface area contributed by atoms with Crippen molar-refractivity contribution < 1.29 is 0 Å². The number of aromatic nitrogens is 2. The van der Waals surface area contributed by atoms with Crippen molar-refractivity contribution in [1.82, 2.24) is 9.55 Å². The Bertz CT molecular complexity index is 1230. The van der Waals surface area contributed by atoms with Gasteiger partial charge in [0.15, 0.2) is 0 Å². The van der Waals surface area contributed by atoms with Crippen molar-refractivity contribution in [3.05, 3.63) is 74.0 Å². The van der Waals surface area contributed by atoms with Gasteiger partial charge >= 0.3 is 0 Å². The first-order valence-corrected chi connectivity index (χ1v) is 10.4. The lowest BCUT2D eigenvalue weighted by atomic mass is 10.1. The van der Waals surface area contributed by atoms with Gasteiger partial charge in [0, 0.05) is 15.3 Å². The van der Waals surface area contributed by atoms with Crippen LogP contribution in [0.4, 0.5) is 0 Å². The molecular formula is C21H17N3OS2. The number of nitriles is 1. The molecule has 1 aromatic carbocycles. The number of fused-ring (bicyclic) bond motifs is 1. The summed E-state index contributed by atoms with van der Waals surface area (Å²) in [6, 6.07) is 13.6. The first-order valence-electron chi connectivity index (χ1n) is 8.68. The third kappa shape index (κ3) is 3.09. The lowest BCUT2D eigenvalue weighted by Crippen LogP contribution is -2.24. The van der Waals surface area contributed by atoms with Gasteiger partial charge in [-0.25, -0.2) is 4.98 Å². The molecule has 27 heavy (non-hydrogen) atoms. The van der Waals surface area contributed by atoms with Gasteiger partial charge in [0.05, 0.1) is 23.6 Å². The summed E-state index contributed by atoms with van der Waals surface area (Å²) in [5.74, 6) is 0.691. The highest BCUT2D eigenvalue weighted by atomic mass is 32.1. The van der Waals surface area contributed by atoms with Gasteiger partial charge in [-0.05, 0) is 42.5 Å². The number of hydrogen-bond acceptors (Lipinski definition) is 5. The van der Waals surface area contributed by atoms with Crippen molar-refractivity contribution in [2.75, 3.05) is 0 Å². The van der Waals surface area contributed by atoms with Crippen LogP contribution in [0.3, 0.4) is 0 Å². The highest BCUT2D eigenvalue weighted by Crippen LogP contribution is 2.38. The van der Waals surface area contributed by atoms with Gasteiger partial charge in [0.1, 0.15) is 10.7 Å². The molecule has 0 amide bonds. The fourth-order valence-corrected chi connectivity index (χ4v) is 5.30. The molecule has 0 aliphatic rings. The molecule has 4 rings (SSSR count). The molecule has 0 bridgehead atoms. The summed E-state index contributed by atoms with van der Waals surface area (Å²) in [5, 5.41) is 11.9. The number of thiophene rings is 2. The van der Waals surface area contributed by atoms with Gasteiger partial charge in [-0.2, -0.15) is 5.26 Å². The second-order valence-corrected chi connectivity index (χ2v) is 8.31. The molecule has 4 nitrogen and oxygen atoms in total. The van der Waals surface area contributed by atoms with Crippen LogP contribution in [0.15, 0.2) is 46.6 Å². The van der Waals surface area contributed by atoms with Crippen LogP contribution < -0.4 is 5.56 Å². The Labute approximate surface area is 165 Å². The predicted octanol–water partition coefficient (Wildman–Crippen LogP) is 4.98. The fourth-order valence-electron chi connectivity index (χ4n) is 3.27. The van der Waals surface area contributed by atoms with Crippen LogP contribution in [-0.2, 0) is 13.0 Å². The molecule has 0 aliphatic heterocycles. The summed E-state index contributed by atoms with van der Waals surface area (Å²) in [6.07, 6.45) is 0.872. The standard InChI is InChI=1S/C21H17N3OS2/c1-3-16-18(17-8-5-9-26-17)19-20(27-16)23-13(2)24(21(19)25)12-15-7-4-6-14(10-15)11-22/h4-10H,3,12H2,1-2H3. The molecule has 0 aliphatic carbocycles. The van der Waals surface area contributed by atoms with Gasteiger partial charge in [-0.1, -0.05) is 25.1 Å². The van der Waals surface area contributed by atoms with E-state index in [1.807, 2.05) is 36.6 Å². The average molecular weight is 392 g/mol. The summed E-state index contributed by atoms with van der Waals surface area (Å²) in [6.45, 7) is 4.38. The zero-order valence-electron chi connectivity index (χ0n) is 15.0. The van der Waals surface area contributed by atoms with E-state index in [0.29, 0.717) is 23.3 Å².